The van der Waals surface area contributed by atoms with Crippen molar-refractivity contribution < 1.29 is 4.79 Å². The predicted octanol–water partition coefficient (Wildman–Crippen LogP) is 1.99. The summed E-state index contributed by atoms with van der Waals surface area (Å²) in [5.41, 5.74) is 6.11. The molecular formula is C16H33N3O. The van der Waals surface area contributed by atoms with Crippen LogP contribution < -0.4 is 11.1 Å². The van der Waals surface area contributed by atoms with Crippen LogP contribution in [0, 0.1) is 11.3 Å². The van der Waals surface area contributed by atoms with Crippen molar-refractivity contribution in [1.29, 1.82) is 0 Å². The van der Waals surface area contributed by atoms with E-state index in [4.69, 9.17) is 5.73 Å². The van der Waals surface area contributed by atoms with E-state index in [-0.39, 0.29) is 11.3 Å². The summed E-state index contributed by atoms with van der Waals surface area (Å²) in [5.74, 6) is 0.843. The number of amides is 1. The zero-order valence-corrected chi connectivity index (χ0v) is 13.7. The Hall–Kier alpha value is -0.610. The van der Waals surface area contributed by atoms with E-state index in [9.17, 15) is 4.79 Å². The van der Waals surface area contributed by atoms with Crippen LogP contribution in [0.3, 0.4) is 0 Å². The highest BCUT2D eigenvalue weighted by Crippen LogP contribution is 2.26. The molecule has 1 fully saturated rings. The van der Waals surface area contributed by atoms with Gasteiger partial charge in [-0.2, -0.15) is 0 Å². The van der Waals surface area contributed by atoms with Crippen LogP contribution in [0.5, 0.6) is 0 Å². The number of nitrogens with zero attached hydrogens (tertiary/aromatic N) is 1. The molecule has 1 rings (SSSR count). The average molecular weight is 283 g/mol. The molecule has 20 heavy (non-hydrogen) atoms. The molecule has 1 saturated carbocycles. The van der Waals surface area contributed by atoms with Gasteiger partial charge in [0.05, 0.1) is 0 Å². The minimum Gasteiger partial charge on any atom is -0.356 e. The van der Waals surface area contributed by atoms with Crippen molar-refractivity contribution in [2.24, 2.45) is 17.1 Å². The fraction of sp³-hybridized carbons (Fsp3) is 0.938. The van der Waals surface area contributed by atoms with Gasteiger partial charge in [-0.3, -0.25) is 4.79 Å². The summed E-state index contributed by atoms with van der Waals surface area (Å²) in [6.45, 7) is 6.10. The molecule has 1 amide bonds. The van der Waals surface area contributed by atoms with Gasteiger partial charge in [0.2, 0.25) is 5.91 Å². The number of hydrogen-bond donors (Lipinski definition) is 2. The molecule has 0 saturated heterocycles. The van der Waals surface area contributed by atoms with Crippen LogP contribution in [0.25, 0.3) is 0 Å². The van der Waals surface area contributed by atoms with E-state index in [0.29, 0.717) is 18.4 Å². The lowest BCUT2D eigenvalue weighted by molar-refractivity contribution is -0.121. The van der Waals surface area contributed by atoms with Crippen molar-refractivity contribution in [1.82, 2.24) is 10.2 Å². The molecule has 3 N–H and O–H groups in total. The number of carbonyl (C=O) groups is 1. The van der Waals surface area contributed by atoms with Gasteiger partial charge in [-0.25, -0.2) is 0 Å². The minimum atomic E-state index is 0.117. The van der Waals surface area contributed by atoms with E-state index in [1.54, 1.807) is 0 Å². The standard InChI is InChI=1S/C16H33N3O/c1-16(2,12-19(3)4)11-18-15(20)9-8-13-6-5-7-14(17)10-13/h13-14H,5-12,17H2,1-4H3,(H,18,20). The van der Waals surface area contributed by atoms with Crippen LogP contribution in [0.1, 0.15) is 52.4 Å². The van der Waals surface area contributed by atoms with Gasteiger partial charge in [-0.1, -0.05) is 26.7 Å². The molecule has 0 aromatic rings. The van der Waals surface area contributed by atoms with Crippen LogP contribution in [-0.4, -0.2) is 44.0 Å². The number of nitrogens with one attached hydrogen (secondary N) is 1. The molecule has 0 bridgehead atoms. The molecule has 118 valence electrons. The second kappa shape index (κ2) is 7.99. The third kappa shape index (κ3) is 7.25. The molecule has 2 atom stereocenters. The molecule has 0 heterocycles. The fourth-order valence-corrected chi connectivity index (χ4v) is 3.27. The summed E-state index contributed by atoms with van der Waals surface area (Å²) < 4.78 is 0. The maximum absolute atomic E-state index is 11.9. The first kappa shape index (κ1) is 17.4. The van der Waals surface area contributed by atoms with E-state index in [0.717, 1.165) is 32.4 Å². The lowest BCUT2D eigenvalue weighted by atomic mass is 9.83. The van der Waals surface area contributed by atoms with Gasteiger partial charge in [0.25, 0.3) is 0 Å². The summed E-state index contributed by atoms with van der Waals surface area (Å²) >= 11 is 0. The quantitative estimate of drug-likeness (QED) is 0.751. The Balaban J connectivity index is 2.20. The predicted molar refractivity (Wildman–Crippen MR) is 84.5 cm³/mol. The molecule has 0 radical (unpaired) electrons. The highest BCUT2D eigenvalue weighted by Gasteiger charge is 2.22. The number of rotatable bonds is 7. The van der Waals surface area contributed by atoms with E-state index in [2.05, 4.69) is 38.2 Å². The van der Waals surface area contributed by atoms with E-state index < -0.39 is 0 Å². The molecule has 0 aliphatic heterocycles. The molecule has 0 spiro atoms. The van der Waals surface area contributed by atoms with Crippen molar-refractivity contribution in [3.63, 3.8) is 0 Å². The maximum atomic E-state index is 11.9. The Bertz CT molecular complexity index is 302. The molecule has 1 aliphatic rings. The van der Waals surface area contributed by atoms with E-state index >= 15 is 0 Å². The third-order valence-corrected chi connectivity index (χ3v) is 4.11. The number of hydrogen-bond acceptors (Lipinski definition) is 3. The third-order valence-electron chi connectivity index (χ3n) is 4.11. The highest BCUT2D eigenvalue weighted by atomic mass is 16.1. The fourth-order valence-electron chi connectivity index (χ4n) is 3.27. The summed E-state index contributed by atoms with van der Waals surface area (Å²) in [5, 5.41) is 3.08. The van der Waals surface area contributed by atoms with Gasteiger partial charge >= 0.3 is 0 Å². The summed E-state index contributed by atoms with van der Waals surface area (Å²) in [6, 6.07) is 0.357. The molecular weight excluding hydrogens is 250 g/mol. The second-order valence-electron chi connectivity index (χ2n) is 7.51. The molecule has 4 heteroatoms. The first-order valence-corrected chi connectivity index (χ1v) is 7.95. The van der Waals surface area contributed by atoms with Gasteiger partial charge in [0, 0.05) is 25.6 Å². The van der Waals surface area contributed by atoms with Crippen molar-refractivity contribution in [3.8, 4) is 0 Å². The van der Waals surface area contributed by atoms with Crippen molar-refractivity contribution in [2.45, 2.75) is 58.4 Å². The summed E-state index contributed by atoms with van der Waals surface area (Å²) in [6.07, 6.45) is 6.36. The van der Waals surface area contributed by atoms with Crippen molar-refractivity contribution >= 4 is 5.91 Å². The first-order chi connectivity index (χ1) is 9.28. The van der Waals surface area contributed by atoms with Gasteiger partial charge in [-0.15, -0.1) is 0 Å². The SMILES string of the molecule is CN(C)CC(C)(C)CNC(=O)CCC1CCCC(N)C1. The highest BCUT2D eigenvalue weighted by molar-refractivity contribution is 5.75. The number of carbonyl (C=O) groups excluding carboxylic acids is 1. The molecule has 2 unspecified atom stereocenters. The summed E-state index contributed by atoms with van der Waals surface area (Å²) in [7, 11) is 4.13. The Kier molecular flexibility index (Phi) is 6.96. The average Bonchev–Trinajstić information content (AvgIpc) is 2.32. The van der Waals surface area contributed by atoms with Crippen LogP contribution in [-0.2, 0) is 4.79 Å². The normalized spacial score (nSPS) is 23.9. The Labute approximate surface area is 124 Å². The molecule has 0 aromatic heterocycles. The zero-order valence-electron chi connectivity index (χ0n) is 13.7. The minimum absolute atomic E-state index is 0.117. The lowest BCUT2D eigenvalue weighted by Crippen LogP contribution is -2.40. The Morgan fingerprint density at radius 1 is 1.35 bits per heavy atom. The summed E-state index contributed by atoms with van der Waals surface area (Å²) in [4.78, 5) is 14.1. The Morgan fingerprint density at radius 2 is 2.05 bits per heavy atom. The number of nitrogens with two attached hydrogens (primary N) is 1. The molecule has 0 aromatic carbocycles. The largest absolute Gasteiger partial charge is 0.356 e. The van der Waals surface area contributed by atoms with E-state index in [1.165, 1.54) is 12.8 Å². The van der Waals surface area contributed by atoms with Gasteiger partial charge in [-0.05, 0) is 44.7 Å². The first-order valence-electron chi connectivity index (χ1n) is 7.95. The lowest BCUT2D eigenvalue weighted by Gasteiger charge is -2.29. The van der Waals surface area contributed by atoms with Crippen molar-refractivity contribution in [2.75, 3.05) is 27.2 Å². The molecule has 4 nitrogen and oxygen atoms in total. The van der Waals surface area contributed by atoms with Crippen molar-refractivity contribution in [3.05, 3.63) is 0 Å². The van der Waals surface area contributed by atoms with Crippen LogP contribution in [0.15, 0.2) is 0 Å². The van der Waals surface area contributed by atoms with Crippen LogP contribution >= 0.6 is 0 Å². The second-order valence-corrected chi connectivity index (χ2v) is 7.51. The van der Waals surface area contributed by atoms with Crippen LogP contribution in [0.2, 0.25) is 0 Å². The van der Waals surface area contributed by atoms with Gasteiger partial charge in [0.1, 0.15) is 0 Å². The topological polar surface area (TPSA) is 58.4 Å². The van der Waals surface area contributed by atoms with Gasteiger partial charge < -0.3 is 16.0 Å². The zero-order chi connectivity index (χ0) is 15.2. The smallest absolute Gasteiger partial charge is 0.220 e. The molecule has 1 aliphatic carbocycles. The maximum Gasteiger partial charge on any atom is 0.220 e. The van der Waals surface area contributed by atoms with Crippen LogP contribution in [0.4, 0.5) is 0 Å². The van der Waals surface area contributed by atoms with E-state index in [1.807, 2.05) is 0 Å². The Morgan fingerprint density at radius 3 is 2.65 bits per heavy atom. The van der Waals surface area contributed by atoms with Gasteiger partial charge in [0.15, 0.2) is 0 Å². The monoisotopic (exact) mass is 283 g/mol.